The number of hydrogen-bond acceptors (Lipinski definition) is 5. The van der Waals surface area contributed by atoms with Crippen LogP contribution in [0, 0.1) is 0 Å². The van der Waals surface area contributed by atoms with Crippen LogP contribution < -0.4 is 4.74 Å². The van der Waals surface area contributed by atoms with Gasteiger partial charge in [0.25, 0.3) is 0 Å². The highest BCUT2D eigenvalue weighted by molar-refractivity contribution is 6.17. The summed E-state index contributed by atoms with van der Waals surface area (Å²) in [6, 6.07) is 7.17. The normalized spacial score (nSPS) is 9.67. The first-order valence-electron chi connectivity index (χ1n) is 6.74. The second kappa shape index (κ2) is 8.79. The molecule has 0 aliphatic rings. The van der Waals surface area contributed by atoms with Gasteiger partial charge in [-0.05, 0) is 18.6 Å². The lowest BCUT2D eigenvalue weighted by Gasteiger charge is -2.09. The lowest BCUT2D eigenvalue weighted by Crippen LogP contribution is -2.15. The molecule has 0 fully saturated rings. The molecule has 0 aliphatic carbocycles. The summed E-state index contributed by atoms with van der Waals surface area (Å²) in [7, 11) is 2.42. The molecule has 0 aliphatic heterocycles. The Balaban J connectivity index is 3.08. The van der Waals surface area contributed by atoms with Gasteiger partial charge in [-0.25, -0.2) is 9.59 Å². The largest absolute Gasteiger partial charge is 0.493 e. The second-order valence-corrected chi connectivity index (χ2v) is 4.28. The van der Waals surface area contributed by atoms with Crippen LogP contribution in [0.3, 0.4) is 0 Å². The molecule has 0 aromatic heterocycles. The third-order valence-electron chi connectivity index (χ3n) is 2.78. The van der Waals surface area contributed by atoms with Crippen molar-refractivity contribution in [2.45, 2.75) is 19.8 Å². The molecule has 0 atom stereocenters. The Morgan fingerprint density at radius 2 is 1.71 bits per heavy atom. The SMILES string of the molecule is CCCCOc1ccccc1C=C(C(=O)OC)C(=O)OC. The molecular weight excluding hydrogens is 272 g/mol. The molecule has 0 heterocycles. The molecule has 5 heteroatoms. The quantitative estimate of drug-likeness (QED) is 0.254. The van der Waals surface area contributed by atoms with Crippen molar-refractivity contribution in [3.05, 3.63) is 35.4 Å². The average molecular weight is 292 g/mol. The maximum atomic E-state index is 11.7. The van der Waals surface area contributed by atoms with E-state index in [1.165, 1.54) is 20.3 Å². The Morgan fingerprint density at radius 1 is 1.10 bits per heavy atom. The molecule has 0 saturated heterocycles. The van der Waals surface area contributed by atoms with Crippen LogP contribution in [0.25, 0.3) is 6.08 Å². The highest BCUT2D eigenvalue weighted by Gasteiger charge is 2.20. The predicted molar refractivity (Wildman–Crippen MR) is 78.9 cm³/mol. The summed E-state index contributed by atoms with van der Waals surface area (Å²) in [5.74, 6) is -0.883. The summed E-state index contributed by atoms with van der Waals surface area (Å²) in [6.45, 7) is 2.65. The minimum atomic E-state index is -0.745. The van der Waals surface area contributed by atoms with Crippen LogP contribution in [0.2, 0.25) is 0 Å². The smallest absolute Gasteiger partial charge is 0.345 e. The zero-order valence-electron chi connectivity index (χ0n) is 12.5. The number of ether oxygens (including phenoxy) is 3. The highest BCUT2D eigenvalue weighted by Crippen LogP contribution is 2.22. The molecule has 0 radical (unpaired) electrons. The van der Waals surface area contributed by atoms with Gasteiger partial charge in [-0.1, -0.05) is 31.5 Å². The summed E-state index contributed by atoms with van der Waals surface area (Å²) < 4.78 is 14.9. The molecule has 5 nitrogen and oxygen atoms in total. The average Bonchev–Trinajstić information content (AvgIpc) is 2.52. The van der Waals surface area contributed by atoms with E-state index in [1.807, 2.05) is 6.07 Å². The number of para-hydroxylation sites is 1. The van der Waals surface area contributed by atoms with E-state index in [1.54, 1.807) is 18.2 Å². The number of unbranched alkanes of at least 4 members (excludes halogenated alkanes) is 1. The Morgan fingerprint density at radius 3 is 2.29 bits per heavy atom. The van der Waals surface area contributed by atoms with Crippen molar-refractivity contribution < 1.29 is 23.8 Å². The Labute approximate surface area is 124 Å². The molecule has 1 aromatic carbocycles. The van der Waals surface area contributed by atoms with Gasteiger partial charge in [-0.3, -0.25) is 0 Å². The van der Waals surface area contributed by atoms with E-state index in [-0.39, 0.29) is 5.57 Å². The van der Waals surface area contributed by atoms with Crippen LogP contribution in [-0.4, -0.2) is 32.8 Å². The van der Waals surface area contributed by atoms with E-state index in [0.717, 1.165) is 12.8 Å². The molecule has 1 rings (SSSR count). The third kappa shape index (κ3) is 4.95. The van der Waals surface area contributed by atoms with E-state index in [4.69, 9.17) is 4.74 Å². The number of carbonyl (C=O) groups is 2. The molecule has 0 saturated carbocycles. The van der Waals surface area contributed by atoms with Crippen LogP contribution in [0.1, 0.15) is 25.3 Å². The van der Waals surface area contributed by atoms with Gasteiger partial charge in [0.05, 0.1) is 20.8 Å². The van der Waals surface area contributed by atoms with Gasteiger partial charge < -0.3 is 14.2 Å². The molecule has 21 heavy (non-hydrogen) atoms. The van der Waals surface area contributed by atoms with Gasteiger partial charge in [-0.2, -0.15) is 0 Å². The fourth-order valence-electron chi connectivity index (χ4n) is 1.63. The zero-order chi connectivity index (χ0) is 15.7. The lowest BCUT2D eigenvalue weighted by molar-refractivity contribution is -0.143. The summed E-state index contributed by atoms with van der Waals surface area (Å²) in [5, 5.41) is 0. The van der Waals surface area contributed by atoms with E-state index >= 15 is 0 Å². The van der Waals surface area contributed by atoms with Crippen LogP contribution in [0.5, 0.6) is 5.75 Å². The predicted octanol–water partition coefficient (Wildman–Crippen LogP) is 2.59. The first-order chi connectivity index (χ1) is 10.1. The maximum Gasteiger partial charge on any atom is 0.345 e. The molecule has 0 N–H and O–H groups in total. The number of esters is 2. The molecule has 0 amide bonds. The van der Waals surface area contributed by atoms with Crippen LogP contribution >= 0.6 is 0 Å². The first kappa shape index (κ1) is 16.8. The summed E-state index contributed by atoms with van der Waals surface area (Å²) in [5.41, 5.74) is 0.450. The Kier molecular flexibility index (Phi) is 7.01. The molecule has 0 spiro atoms. The standard InChI is InChI=1S/C16H20O5/c1-4-5-10-21-14-9-7-6-8-12(14)11-13(15(17)19-2)16(18)20-3/h6-9,11H,4-5,10H2,1-3H3. The number of benzene rings is 1. The molecular formula is C16H20O5. The number of rotatable bonds is 7. The minimum Gasteiger partial charge on any atom is -0.493 e. The monoisotopic (exact) mass is 292 g/mol. The van der Waals surface area contributed by atoms with Crippen molar-refractivity contribution in [2.75, 3.05) is 20.8 Å². The molecule has 1 aromatic rings. The van der Waals surface area contributed by atoms with Gasteiger partial charge in [-0.15, -0.1) is 0 Å². The van der Waals surface area contributed by atoms with Gasteiger partial charge in [0.15, 0.2) is 0 Å². The fraction of sp³-hybridized carbons (Fsp3) is 0.375. The Hall–Kier alpha value is -2.30. The fourth-order valence-corrected chi connectivity index (χ4v) is 1.63. The minimum absolute atomic E-state index is 0.174. The third-order valence-corrected chi connectivity index (χ3v) is 2.78. The molecule has 114 valence electrons. The number of methoxy groups -OCH3 is 2. The number of hydrogen-bond donors (Lipinski definition) is 0. The van der Waals surface area contributed by atoms with Gasteiger partial charge in [0.1, 0.15) is 11.3 Å². The van der Waals surface area contributed by atoms with E-state index in [2.05, 4.69) is 16.4 Å². The van der Waals surface area contributed by atoms with Crippen LogP contribution in [0.4, 0.5) is 0 Å². The van der Waals surface area contributed by atoms with Gasteiger partial charge >= 0.3 is 11.9 Å². The maximum absolute atomic E-state index is 11.7. The zero-order valence-corrected chi connectivity index (χ0v) is 12.5. The van der Waals surface area contributed by atoms with Crippen molar-refractivity contribution in [2.24, 2.45) is 0 Å². The highest BCUT2D eigenvalue weighted by atomic mass is 16.5. The second-order valence-electron chi connectivity index (χ2n) is 4.28. The number of carbonyl (C=O) groups excluding carboxylic acids is 2. The summed E-state index contributed by atoms with van der Waals surface area (Å²) >= 11 is 0. The van der Waals surface area contributed by atoms with Gasteiger partial charge in [0.2, 0.25) is 0 Å². The van der Waals surface area contributed by atoms with Crippen molar-refractivity contribution in [3.63, 3.8) is 0 Å². The van der Waals surface area contributed by atoms with Crippen molar-refractivity contribution >= 4 is 18.0 Å². The molecule has 0 unspecified atom stereocenters. The van der Waals surface area contributed by atoms with Crippen molar-refractivity contribution in [1.82, 2.24) is 0 Å². The van der Waals surface area contributed by atoms with E-state index in [0.29, 0.717) is 17.9 Å². The van der Waals surface area contributed by atoms with Gasteiger partial charge in [0, 0.05) is 5.56 Å². The molecule has 0 bridgehead atoms. The van der Waals surface area contributed by atoms with Crippen LogP contribution in [0.15, 0.2) is 29.8 Å². The summed E-state index contributed by atoms with van der Waals surface area (Å²) in [6.07, 6.45) is 3.37. The lowest BCUT2D eigenvalue weighted by atomic mass is 10.1. The summed E-state index contributed by atoms with van der Waals surface area (Å²) in [4.78, 5) is 23.3. The first-order valence-corrected chi connectivity index (χ1v) is 6.74. The van der Waals surface area contributed by atoms with E-state index in [9.17, 15) is 9.59 Å². The van der Waals surface area contributed by atoms with E-state index < -0.39 is 11.9 Å². The van der Waals surface area contributed by atoms with Crippen molar-refractivity contribution in [3.8, 4) is 5.75 Å². The Bertz CT molecular complexity index is 501. The van der Waals surface area contributed by atoms with Crippen LogP contribution in [-0.2, 0) is 19.1 Å². The van der Waals surface area contributed by atoms with Crippen molar-refractivity contribution in [1.29, 1.82) is 0 Å². The topological polar surface area (TPSA) is 61.8 Å².